The minimum atomic E-state index is -0.181. The summed E-state index contributed by atoms with van der Waals surface area (Å²) in [5.74, 6) is 0.270. The Morgan fingerprint density at radius 2 is 2.17 bits per heavy atom. The van der Waals surface area contributed by atoms with Gasteiger partial charge in [-0.25, -0.2) is 4.98 Å². The lowest BCUT2D eigenvalue weighted by Gasteiger charge is -2.25. The molecule has 2 rings (SSSR count). The first kappa shape index (κ1) is 13.3. The fourth-order valence-corrected chi connectivity index (χ4v) is 2.44. The lowest BCUT2D eigenvalue weighted by molar-refractivity contribution is 0.0910. The number of hydrogen-bond acceptors (Lipinski definition) is 3. The smallest absolute Gasteiger partial charge is 0.254 e. The highest BCUT2D eigenvalue weighted by Crippen LogP contribution is 2.23. The van der Waals surface area contributed by atoms with Crippen LogP contribution in [-0.4, -0.2) is 28.6 Å². The molecule has 0 spiro atoms. The molecule has 0 saturated heterocycles. The zero-order valence-electron chi connectivity index (χ0n) is 10.1. The van der Waals surface area contributed by atoms with Crippen LogP contribution in [0.25, 0.3) is 0 Å². The van der Waals surface area contributed by atoms with Gasteiger partial charge < -0.3 is 10.4 Å². The predicted molar refractivity (Wildman–Crippen MR) is 69.5 cm³/mol. The Labute approximate surface area is 111 Å². The Morgan fingerprint density at radius 3 is 2.83 bits per heavy atom. The van der Waals surface area contributed by atoms with Crippen LogP contribution in [0.4, 0.5) is 0 Å². The molecule has 2 N–H and O–H groups in total. The van der Waals surface area contributed by atoms with Crippen LogP contribution in [0.15, 0.2) is 18.3 Å². The summed E-state index contributed by atoms with van der Waals surface area (Å²) < 4.78 is 0. The van der Waals surface area contributed by atoms with Gasteiger partial charge in [-0.05, 0) is 43.7 Å². The van der Waals surface area contributed by atoms with E-state index in [4.69, 9.17) is 11.6 Å². The number of amides is 1. The van der Waals surface area contributed by atoms with Crippen LogP contribution >= 0.6 is 11.6 Å². The summed E-state index contributed by atoms with van der Waals surface area (Å²) in [6.07, 6.45) is 4.97. The van der Waals surface area contributed by atoms with E-state index in [-0.39, 0.29) is 17.2 Å². The number of aliphatic hydroxyl groups excluding tert-OH is 1. The standard InChI is InChI=1S/C13H17ClN2O2/c14-12-11(2-1-7-15-12)13(18)16-8-9-3-5-10(17)6-4-9/h1-2,7,9-10,17H,3-6,8H2,(H,16,18). The molecular formula is C13H17ClN2O2. The average molecular weight is 269 g/mol. The van der Waals surface area contributed by atoms with Crippen molar-refractivity contribution >= 4 is 17.5 Å². The zero-order valence-corrected chi connectivity index (χ0v) is 10.9. The molecule has 1 aromatic rings. The Kier molecular flexibility index (Phi) is 4.55. The third-order valence-electron chi connectivity index (χ3n) is 3.37. The fourth-order valence-electron chi connectivity index (χ4n) is 2.24. The molecule has 1 heterocycles. The number of nitrogens with one attached hydrogen (secondary N) is 1. The maximum absolute atomic E-state index is 11.9. The molecule has 1 fully saturated rings. The van der Waals surface area contributed by atoms with Crippen molar-refractivity contribution in [3.63, 3.8) is 0 Å². The second-order valence-electron chi connectivity index (χ2n) is 4.73. The van der Waals surface area contributed by atoms with Crippen molar-refractivity contribution in [3.8, 4) is 0 Å². The molecule has 0 radical (unpaired) electrons. The van der Waals surface area contributed by atoms with Crippen LogP contribution in [0, 0.1) is 5.92 Å². The minimum absolute atomic E-state index is 0.162. The molecule has 1 aliphatic carbocycles. The number of pyridine rings is 1. The second-order valence-corrected chi connectivity index (χ2v) is 5.08. The van der Waals surface area contributed by atoms with Gasteiger partial charge in [0, 0.05) is 12.7 Å². The number of hydrogen-bond donors (Lipinski definition) is 2. The minimum Gasteiger partial charge on any atom is -0.393 e. The highest BCUT2D eigenvalue weighted by atomic mass is 35.5. The number of rotatable bonds is 3. The molecule has 1 saturated carbocycles. The third-order valence-corrected chi connectivity index (χ3v) is 3.67. The number of aliphatic hydroxyl groups is 1. The molecule has 4 nitrogen and oxygen atoms in total. The zero-order chi connectivity index (χ0) is 13.0. The largest absolute Gasteiger partial charge is 0.393 e. The summed E-state index contributed by atoms with van der Waals surface area (Å²) in [7, 11) is 0. The van der Waals surface area contributed by atoms with Crippen LogP contribution in [0.1, 0.15) is 36.0 Å². The summed E-state index contributed by atoms with van der Waals surface area (Å²) in [6.45, 7) is 0.636. The molecule has 0 bridgehead atoms. The average Bonchev–Trinajstić information content (AvgIpc) is 2.38. The normalized spacial score (nSPS) is 23.7. The molecule has 0 aromatic carbocycles. The summed E-state index contributed by atoms with van der Waals surface area (Å²) in [5, 5.41) is 12.5. The highest BCUT2D eigenvalue weighted by molar-refractivity contribution is 6.32. The van der Waals surface area contributed by atoms with E-state index in [0.29, 0.717) is 18.0 Å². The van der Waals surface area contributed by atoms with Gasteiger partial charge >= 0.3 is 0 Å². The number of aromatic nitrogens is 1. The van der Waals surface area contributed by atoms with E-state index in [2.05, 4.69) is 10.3 Å². The summed E-state index contributed by atoms with van der Waals surface area (Å²) in [5.41, 5.74) is 0.412. The lowest BCUT2D eigenvalue weighted by atomic mass is 9.87. The maximum Gasteiger partial charge on any atom is 0.254 e. The van der Waals surface area contributed by atoms with E-state index in [9.17, 15) is 9.90 Å². The highest BCUT2D eigenvalue weighted by Gasteiger charge is 2.20. The van der Waals surface area contributed by atoms with E-state index < -0.39 is 0 Å². The van der Waals surface area contributed by atoms with Crippen LogP contribution < -0.4 is 5.32 Å². The summed E-state index contributed by atoms with van der Waals surface area (Å²) in [6, 6.07) is 3.35. The van der Waals surface area contributed by atoms with Gasteiger partial charge in [-0.1, -0.05) is 11.6 Å². The predicted octanol–water partition coefficient (Wildman–Crippen LogP) is 2.02. The van der Waals surface area contributed by atoms with E-state index >= 15 is 0 Å². The molecule has 1 aromatic heterocycles. The van der Waals surface area contributed by atoms with Crippen molar-refractivity contribution in [1.29, 1.82) is 0 Å². The molecule has 18 heavy (non-hydrogen) atoms. The number of carbonyl (C=O) groups is 1. The monoisotopic (exact) mass is 268 g/mol. The van der Waals surface area contributed by atoms with Crippen LogP contribution in [0.3, 0.4) is 0 Å². The van der Waals surface area contributed by atoms with Crippen molar-refractivity contribution in [1.82, 2.24) is 10.3 Å². The molecule has 1 amide bonds. The fraction of sp³-hybridized carbons (Fsp3) is 0.538. The Morgan fingerprint density at radius 1 is 1.44 bits per heavy atom. The Bertz CT molecular complexity index is 417. The SMILES string of the molecule is O=C(NCC1CCC(O)CC1)c1cccnc1Cl. The first-order valence-corrected chi connectivity index (χ1v) is 6.61. The van der Waals surface area contributed by atoms with Crippen molar-refractivity contribution in [3.05, 3.63) is 29.0 Å². The Hall–Kier alpha value is -1.13. The van der Waals surface area contributed by atoms with E-state index in [1.54, 1.807) is 18.3 Å². The van der Waals surface area contributed by atoms with Crippen LogP contribution in [0.2, 0.25) is 5.15 Å². The summed E-state index contributed by atoms with van der Waals surface area (Å²) >= 11 is 5.85. The van der Waals surface area contributed by atoms with Gasteiger partial charge in [0.15, 0.2) is 0 Å². The van der Waals surface area contributed by atoms with Gasteiger partial charge in [0.25, 0.3) is 5.91 Å². The number of nitrogens with zero attached hydrogens (tertiary/aromatic N) is 1. The van der Waals surface area contributed by atoms with Crippen molar-refractivity contribution in [2.75, 3.05) is 6.54 Å². The van der Waals surface area contributed by atoms with Gasteiger partial charge in [0.1, 0.15) is 5.15 Å². The number of halogens is 1. The third kappa shape index (κ3) is 3.43. The van der Waals surface area contributed by atoms with Crippen molar-refractivity contribution < 1.29 is 9.90 Å². The maximum atomic E-state index is 11.9. The summed E-state index contributed by atoms with van der Waals surface area (Å²) in [4.78, 5) is 15.8. The molecule has 0 unspecified atom stereocenters. The number of carbonyl (C=O) groups excluding carboxylic acids is 1. The van der Waals surface area contributed by atoms with Crippen molar-refractivity contribution in [2.45, 2.75) is 31.8 Å². The first-order chi connectivity index (χ1) is 8.66. The molecule has 5 heteroatoms. The first-order valence-electron chi connectivity index (χ1n) is 6.23. The van der Waals surface area contributed by atoms with Crippen molar-refractivity contribution in [2.24, 2.45) is 5.92 Å². The molecule has 0 atom stereocenters. The molecular weight excluding hydrogens is 252 g/mol. The lowest BCUT2D eigenvalue weighted by Crippen LogP contribution is -2.32. The second kappa shape index (κ2) is 6.16. The van der Waals surface area contributed by atoms with Gasteiger partial charge in [0.05, 0.1) is 11.7 Å². The van der Waals surface area contributed by atoms with Gasteiger partial charge in [-0.3, -0.25) is 4.79 Å². The molecule has 1 aliphatic rings. The van der Waals surface area contributed by atoms with E-state index in [1.165, 1.54) is 0 Å². The topological polar surface area (TPSA) is 62.2 Å². The molecule has 98 valence electrons. The van der Waals surface area contributed by atoms with Gasteiger partial charge in [-0.15, -0.1) is 0 Å². The van der Waals surface area contributed by atoms with Gasteiger partial charge in [0.2, 0.25) is 0 Å². The van der Waals surface area contributed by atoms with Crippen LogP contribution in [-0.2, 0) is 0 Å². The Balaban J connectivity index is 1.84. The van der Waals surface area contributed by atoms with E-state index in [0.717, 1.165) is 25.7 Å². The van der Waals surface area contributed by atoms with Gasteiger partial charge in [-0.2, -0.15) is 0 Å². The molecule has 0 aliphatic heterocycles. The van der Waals surface area contributed by atoms with E-state index in [1.807, 2.05) is 0 Å². The quantitative estimate of drug-likeness (QED) is 0.825. The van der Waals surface area contributed by atoms with Crippen LogP contribution in [0.5, 0.6) is 0 Å².